The number of benzene rings is 2. The largest absolute Gasteiger partial charge is 0.497 e. The van der Waals surface area contributed by atoms with Crippen LogP contribution in [0.1, 0.15) is 31.3 Å². The molecule has 0 saturated carbocycles. The number of sulfonamides is 1. The fraction of sp³-hybridized carbons (Fsp3) is 0.217. The van der Waals surface area contributed by atoms with Gasteiger partial charge in [0.2, 0.25) is 10.0 Å². The van der Waals surface area contributed by atoms with Crippen LogP contribution in [0.25, 0.3) is 11.3 Å². The van der Waals surface area contributed by atoms with Crippen molar-refractivity contribution >= 4 is 21.6 Å². The lowest BCUT2D eigenvalue weighted by molar-refractivity contribution is 0.102. The smallest absolute Gasteiger partial charge is 0.274 e. The van der Waals surface area contributed by atoms with Gasteiger partial charge in [0, 0.05) is 16.8 Å². The third kappa shape index (κ3) is 5.68. The Hall–Kier alpha value is -3.23. The highest BCUT2D eigenvalue weighted by Crippen LogP contribution is 2.27. The first-order valence-corrected chi connectivity index (χ1v) is 11.1. The number of methoxy groups -OCH3 is 1. The zero-order valence-electron chi connectivity index (χ0n) is 17.8. The van der Waals surface area contributed by atoms with Crippen molar-refractivity contribution in [1.82, 2.24) is 9.71 Å². The number of aromatic nitrogens is 1. The quantitative estimate of drug-likeness (QED) is 0.603. The molecule has 2 N–H and O–H groups in total. The molecule has 8 heteroatoms. The molecule has 0 spiro atoms. The van der Waals surface area contributed by atoms with E-state index in [2.05, 4.69) is 15.0 Å². The summed E-state index contributed by atoms with van der Waals surface area (Å²) in [6, 6.07) is 18.4. The zero-order valence-corrected chi connectivity index (χ0v) is 18.7. The van der Waals surface area contributed by atoms with Gasteiger partial charge in [-0.2, -0.15) is 0 Å². The molecular formula is C23H25N3O4S. The highest BCUT2D eigenvalue weighted by molar-refractivity contribution is 7.89. The molecule has 0 unspecified atom stereocenters. The van der Waals surface area contributed by atoms with Gasteiger partial charge in [0.15, 0.2) is 0 Å². The standard InChI is InChI=1S/C23H25N3O4S/c1-23(2,3)26-31(28,29)21-11-6-5-8-18(21)19-9-7-10-20(25-19)22(27)24-16-12-14-17(30-4)15-13-16/h5-15,26H,1-4H3,(H,24,27). The molecule has 0 aliphatic heterocycles. The van der Waals surface area contributed by atoms with Crippen LogP contribution in [0.4, 0.5) is 5.69 Å². The van der Waals surface area contributed by atoms with E-state index in [4.69, 9.17) is 4.74 Å². The Morgan fingerprint density at radius 2 is 1.61 bits per heavy atom. The van der Waals surface area contributed by atoms with E-state index < -0.39 is 21.5 Å². The van der Waals surface area contributed by atoms with Crippen LogP contribution in [0.5, 0.6) is 5.75 Å². The van der Waals surface area contributed by atoms with Crippen LogP contribution in [0, 0.1) is 0 Å². The molecule has 0 aliphatic carbocycles. The van der Waals surface area contributed by atoms with Gasteiger partial charge in [-0.1, -0.05) is 24.3 Å². The maximum absolute atomic E-state index is 12.9. The SMILES string of the molecule is COc1ccc(NC(=O)c2cccc(-c3ccccc3S(=O)(=O)NC(C)(C)C)n2)cc1. The number of ether oxygens (including phenoxy) is 1. The van der Waals surface area contributed by atoms with E-state index in [-0.39, 0.29) is 10.6 Å². The summed E-state index contributed by atoms with van der Waals surface area (Å²) in [6.45, 7) is 5.32. The van der Waals surface area contributed by atoms with Crippen molar-refractivity contribution in [3.8, 4) is 17.0 Å². The summed E-state index contributed by atoms with van der Waals surface area (Å²) in [4.78, 5) is 17.2. The van der Waals surface area contributed by atoms with Gasteiger partial charge in [-0.05, 0) is 63.2 Å². The third-order valence-electron chi connectivity index (χ3n) is 4.22. The van der Waals surface area contributed by atoms with Crippen LogP contribution < -0.4 is 14.8 Å². The van der Waals surface area contributed by atoms with Crippen LogP contribution in [-0.4, -0.2) is 32.0 Å². The summed E-state index contributed by atoms with van der Waals surface area (Å²) in [7, 11) is -2.22. The fourth-order valence-electron chi connectivity index (χ4n) is 2.95. The molecule has 0 saturated heterocycles. The predicted molar refractivity (Wildman–Crippen MR) is 121 cm³/mol. The van der Waals surface area contributed by atoms with E-state index in [0.717, 1.165) is 0 Å². The van der Waals surface area contributed by atoms with Crippen LogP contribution in [-0.2, 0) is 10.0 Å². The second-order valence-electron chi connectivity index (χ2n) is 7.94. The number of amides is 1. The summed E-state index contributed by atoms with van der Waals surface area (Å²) in [5, 5.41) is 2.78. The summed E-state index contributed by atoms with van der Waals surface area (Å²) in [6.07, 6.45) is 0. The van der Waals surface area contributed by atoms with E-state index >= 15 is 0 Å². The van der Waals surface area contributed by atoms with Crippen LogP contribution in [0.15, 0.2) is 71.6 Å². The summed E-state index contributed by atoms with van der Waals surface area (Å²) in [5.41, 5.74) is 0.926. The molecule has 2 aromatic carbocycles. The third-order valence-corrected chi connectivity index (χ3v) is 6.04. The number of nitrogens with zero attached hydrogens (tertiary/aromatic N) is 1. The van der Waals surface area contributed by atoms with Gasteiger partial charge in [0.1, 0.15) is 11.4 Å². The molecule has 1 heterocycles. The minimum absolute atomic E-state index is 0.102. The minimum Gasteiger partial charge on any atom is -0.497 e. The number of hydrogen-bond donors (Lipinski definition) is 2. The zero-order chi connectivity index (χ0) is 22.6. The van der Waals surface area contributed by atoms with Crippen molar-refractivity contribution in [3.63, 3.8) is 0 Å². The van der Waals surface area contributed by atoms with Crippen molar-refractivity contribution in [3.05, 3.63) is 72.4 Å². The number of anilines is 1. The maximum Gasteiger partial charge on any atom is 0.274 e. The molecule has 0 bridgehead atoms. The Kier molecular flexibility index (Phi) is 6.42. The first-order chi connectivity index (χ1) is 14.6. The molecule has 7 nitrogen and oxygen atoms in total. The molecule has 0 fully saturated rings. The van der Waals surface area contributed by atoms with Crippen LogP contribution in [0.3, 0.4) is 0 Å². The van der Waals surface area contributed by atoms with Gasteiger partial charge in [0.05, 0.1) is 17.7 Å². The number of pyridine rings is 1. The van der Waals surface area contributed by atoms with E-state index in [1.807, 2.05) is 0 Å². The average Bonchev–Trinajstić information content (AvgIpc) is 2.73. The highest BCUT2D eigenvalue weighted by Gasteiger charge is 2.25. The Bertz CT molecular complexity index is 1180. The van der Waals surface area contributed by atoms with Gasteiger partial charge in [-0.15, -0.1) is 0 Å². The lowest BCUT2D eigenvalue weighted by atomic mass is 10.1. The van der Waals surface area contributed by atoms with Crippen molar-refractivity contribution in [2.75, 3.05) is 12.4 Å². The molecule has 3 rings (SSSR count). The van der Waals surface area contributed by atoms with E-state index in [1.165, 1.54) is 6.07 Å². The Balaban J connectivity index is 1.92. The second kappa shape index (κ2) is 8.87. The minimum atomic E-state index is -3.79. The average molecular weight is 440 g/mol. The van der Waals surface area contributed by atoms with Gasteiger partial charge in [-0.25, -0.2) is 18.1 Å². The molecule has 162 valence electrons. The maximum atomic E-state index is 12.9. The lowest BCUT2D eigenvalue weighted by Gasteiger charge is -2.21. The fourth-order valence-corrected chi connectivity index (χ4v) is 4.59. The molecule has 31 heavy (non-hydrogen) atoms. The van der Waals surface area contributed by atoms with E-state index in [9.17, 15) is 13.2 Å². The van der Waals surface area contributed by atoms with Gasteiger partial charge < -0.3 is 10.1 Å². The molecule has 0 radical (unpaired) electrons. The first kappa shape index (κ1) is 22.5. The van der Waals surface area contributed by atoms with Crippen molar-refractivity contribution in [2.45, 2.75) is 31.2 Å². The van der Waals surface area contributed by atoms with E-state index in [1.54, 1.807) is 88.5 Å². The van der Waals surface area contributed by atoms with Crippen LogP contribution in [0.2, 0.25) is 0 Å². The predicted octanol–water partition coefficient (Wildman–Crippen LogP) is 4.09. The normalized spacial score (nSPS) is 11.7. The number of rotatable bonds is 6. The van der Waals surface area contributed by atoms with Gasteiger partial charge in [0.25, 0.3) is 5.91 Å². The number of nitrogens with one attached hydrogen (secondary N) is 2. The lowest BCUT2D eigenvalue weighted by Crippen LogP contribution is -2.40. The van der Waals surface area contributed by atoms with Crippen molar-refractivity contribution in [2.24, 2.45) is 0 Å². The Morgan fingerprint density at radius 1 is 0.935 bits per heavy atom. The molecular weight excluding hydrogens is 414 g/mol. The van der Waals surface area contributed by atoms with Crippen molar-refractivity contribution < 1.29 is 17.9 Å². The monoisotopic (exact) mass is 439 g/mol. The molecule has 1 amide bonds. The molecule has 3 aromatic rings. The van der Waals surface area contributed by atoms with Crippen molar-refractivity contribution in [1.29, 1.82) is 0 Å². The van der Waals surface area contributed by atoms with Gasteiger partial charge in [-0.3, -0.25) is 4.79 Å². The Labute approximate surface area is 182 Å². The molecule has 1 aromatic heterocycles. The topological polar surface area (TPSA) is 97.4 Å². The first-order valence-electron chi connectivity index (χ1n) is 9.65. The molecule has 0 atom stereocenters. The number of hydrogen-bond acceptors (Lipinski definition) is 5. The second-order valence-corrected chi connectivity index (χ2v) is 9.59. The van der Waals surface area contributed by atoms with E-state index in [0.29, 0.717) is 22.7 Å². The number of carbonyl (C=O) groups is 1. The summed E-state index contributed by atoms with van der Waals surface area (Å²) < 4.78 is 33.6. The Morgan fingerprint density at radius 3 is 2.26 bits per heavy atom. The highest BCUT2D eigenvalue weighted by atomic mass is 32.2. The molecule has 0 aliphatic rings. The van der Waals surface area contributed by atoms with Crippen LogP contribution >= 0.6 is 0 Å². The summed E-state index contributed by atoms with van der Waals surface area (Å²) in [5.74, 6) is 0.278. The number of carbonyl (C=O) groups excluding carboxylic acids is 1. The van der Waals surface area contributed by atoms with Gasteiger partial charge >= 0.3 is 0 Å². The summed E-state index contributed by atoms with van der Waals surface area (Å²) >= 11 is 0.